The molecule has 1 N–H and O–H groups in total. The fraction of sp³-hybridized carbons (Fsp3) is 0.238. The lowest BCUT2D eigenvalue weighted by Crippen LogP contribution is -2.32. The summed E-state index contributed by atoms with van der Waals surface area (Å²) < 4.78 is 6.34. The van der Waals surface area contributed by atoms with Crippen LogP contribution in [0.1, 0.15) is 19.4 Å². The Morgan fingerprint density at radius 1 is 1.21 bits per heavy atom. The molecule has 2 aromatic heterocycles. The lowest BCUT2D eigenvalue weighted by molar-refractivity contribution is -0.153. The second-order valence-electron chi connectivity index (χ2n) is 6.38. The number of hydrogen-bond donors (Lipinski definition) is 1. The number of thiazole rings is 1. The largest absolute Gasteiger partial charge is 0.451 e. The van der Waals surface area contributed by atoms with E-state index in [0.29, 0.717) is 5.13 Å². The Labute approximate surface area is 172 Å². The van der Waals surface area contributed by atoms with E-state index in [9.17, 15) is 14.4 Å². The number of aryl methyl sites for hydroxylation is 1. The predicted octanol–water partition coefficient (Wildman–Crippen LogP) is 3.10. The van der Waals surface area contributed by atoms with E-state index >= 15 is 0 Å². The summed E-state index contributed by atoms with van der Waals surface area (Å²) >= 11 is 1.29. The number of pyridine rings is 1. The maximum absolute atomic E-state index is 12.3. The number of nitrogens with one attached hydrogen (secondary N) is 1. The van der Waals surface area contributed by atoms with Gasteiger partial charge in [-0.3, -0.25) is 19.7 Å². The van der Waals surface area contributed by atoms with Gasteiger partial charge in [0.1, 0.15) is 6.54 Å². The SMILES string of the molecule is CCc1ccc(-c2csc(NC(=O)[C@@H](C)OC(=O)Cn3ccccc3=O)n2)cc1. The van der Waals surface area contributed by atoms with Crippen LogP contribution in [0.3, 0.4) is 0 Å². The fourth-order valence-corrected chi connectivity index (χ4v) is 3.32. The highest BCUT2D eigenvalue weighted by atomic mass is 32.1. The van der Waals surface area contributed by atoms with Gasteiger partial charge >= 0.3 is 5.97 Å². The molecule has 8 heteroatoms. The zero-order valence-corrected chi connectivity index (χ0v) is 16.9. The van der Waals surface area contributed by atoms with Crippen molar-refractivity contribution < 1.29 is 14.3 Å². The molecular formula is C21H21N3O4S. The molecule has 0 bridgehead atoms. The average Bonchev–Trinajstić information content (AvgIpc) is 3.18. The van der Waals surface area contributed by atoms with Crippen LogP contribution in [0.25, 0.3) is 11.3 Å². The Morgan fingerprint density at radius 3 is 2.66 bits per heavy atom. The molecule has 0 radical (unpaired) electrons. The molecule has 0 fully saturated rings. The number of anilines is 1. The Kier molecular flexibility index (Phi) is 6.56. The highest BCUT2D eigenvalue weighted by molar-refractivity contribution is 7.14. The smallest absolute Gasteiger partial charge is 0.326 e. The minimum absolute atomic E-state index is 0.257. The molecule has 1 amide bonds. The van der Waals surface area contributed by atoms with Gasteiger partial charge in [-0.05, 0) is 25.0 Å². The molecule has 0 aliphatic heterocycles. The van der Waals surface area contributed by atoms with Gasteiger partial charge in [0.05, 0.1) is 5.69 Å². The van der Waals surface area contributed by atoms with Crippen molar-refractivity contribution in [2.75, 3.05) is 5.32 Å². The lowest BCUT2D eigenvalue weighted by Gasteiger charge is -2.13. The number of carbonyl (C=O) groups excluding carboxylic acids is 2. The molecule has 0 aliphatic rings. The van der Waals surface area contributed by atoms with E-state index in [1.54, 1.807) is 12.1 Å². The lowest BCUT2D eigenvalue weighted by atomic mass is 10.1. The van der Waals surface area contributed by atoms with E-state index in [1.807, 2.05) is 29.6 Å². The van der Waals surface area contributed by atoms with Gasteiger partial charge in [-0.25, -0.2) is 4.98 Å². The van der Waals surface area contributed by atoms with Gasteiger partial charge in [0.25, 0.3) is 11.5 Å². The molecule has 1 aromatic carbocycles. The highest BCUT2D eigenvalue weighted by Gasteiger charge is 2.19. The molecule has 29 heavy (non-hydrogen) atoms. The van der Waals surface area contributed by atoms with Crippen molar-refractivity contribution in [1.82, 2.24) is 9.55 Å². The van der Waals surface area contributed by atoms with Crippen LogP contribution in [-0.4, -0.2) is 27.5 Å². The molecule has 0 spiro atoms. The fourth-order valence-electron chi connectivity index (χ4n) is 2.60. The number of carbonyl (C=O) groups is 2. The van der Waals surface area contributed by atoms with Gasteiger partial charge in [0.2, 0.25) is 0 Å². The maximum Gasteiger partial charge on any atom is 0.326 e. The van der Waals surface area contributed by atoms with Crippen molar-refractivity contribution in [2.45, 2.75) is 32.9 Å². The molecule has 0 aliphatic carbocycles. The first-order valence-corrected chi connectivity index (χ1v) is 10.0. The van der Waals surface area contributed by atoms with Gasteiger partial charge < -0.3 is 9.30 Å². The van der Waals surface area contributed by atoms with E-state index in [1.165, 1.54) is 40.7 Å². The van der Waals surface area contributed by atoms with Crippen molar-refractivity contribution in [3.05, 3.63) is 70.0 Å². The topological polar surface area (TPSA) is 90.3 Å². The van der Waals surface area contributed by atoms with Crippen LogP contribution in [0.4, 0.5) is 5.13 Å². The molecule has 1 atom stereocenters. The number of esters is 1. The van der Waals surface area contributed by atoms with Gasteiger partial charge in [0, 0.05) is 23.2 Å². The van der Waals surface area contributed by atoms with E-state index < -0.39 is 18.0 Å². The molecule has 3 rings (SSSR count). The van der Waals surface area contributed by atoms with E-state index in [-0.39, 0.29) is 12.1 Å². The van der Waals surface area contributed by atoms with Crippen LogP contribution in [0.15, 0.2) is 58.8 Å². The van der Waals surface area contributed by atoms with Crippen molar-refractivity contribution in [3.63, 3.8) is 0 Å². The quantitative estimate of drug-likeness (QED) is 0.604. The van der Waals surface area contributed by atoms with Crippen LogP contribution in [-0.2, 0) is 27.3 Å². The van der Waals surface area contributed by atoms with Crippen LogP contribution in [0, 0.1) is 0 Å². The molecular weight excluding hydrogens is 390 g/mol. The molecule has 3 aromatic rings. The Balaban J connectivity index is 1.56. The number of amides is 1. The molecule has 0 unspecified atom stereocenters. The van der Waals surface area contributed by atoms with Crippen LogP contribution in [0.5, 0.6) is 0 Å². The summed E-state index contributed by atoms with van der Waals surface area (Å²) in [5, 5.41) is 4.94. The number of benzene rings is 1. The minimum Gasteiger partial charge on any atom is -0.451 e. The van der Waals surface area contributed by atoms with E-state index in [4.69, 9.17) is 4.74 Å². The van der Waals surface area contributed by atoms with Crippen LogP contribution >= 0.6 is 11.3 Å². The highest BCUT2D eigenvalue weighted by Crippen LogP contribution is 2.25. The average molecular weight is 411 g/mol. The number of nitrogens with zero attached hydrogens (tertiary/aromatic N) is 2. The van der Waals surface area contributed by atoms with Gasteiger partial charge in [-0.2, -0.15) is 0 Å². The van der Waals surface area contributed by atoms with Crippen molar-refractivity contribution in [1.29, 1.82) is 0 Å². The van der Waals surface area contributed by atoms with Crippen LogP contribution in [0.2, 0.25) is 0 Å². The Hall–Kier alpha value is -3.26. The summed E-state index contributed by atoms with van der Waals surface area (Å²) in [6.07, 6.45) is 1.44. The summed E-state index contributed by atoms with van der Waals surface area (Å²) in [4.78, 5) is 40.4. The summed E-state index contributed by atoms with van der Waals surface area (Å²) in [6.45, 7) is 3.31. The number of aromatic nitrogens is 2. The molecule has 7 nitrogen and oxygen atoms in total. The third kappa shape index (κ3) is 5.39. The summed E-state index contributed by atoms with van der Waals surface area (Å²) in [5.41, 5.74) is 2.66. The molecule has 0 saturated carbocycles. The molecule has 2 heterocycles. The first-order chi connectivity index (χ1) is 14.0. The maximum atomic E-state index is 12.3. The second kappa shape index (κ2) is 9.29. The van der Waals surface area contributed by atoms with E-state index in [2.05, 4.69) is 17.2 Å². The summed E-state index contributed by atoms with van der Waals surface area (Å²) in [5.74, 6) is -1.15. The zero-order chi connectivity index (χ0) is 20.8. The third-order valence-corrected chi connectivity index (χ3v) is 5.03. The first-order valence-electron chi connectivity index (χ1n) is 9.17. The Bertz CT molecular complexity index is 1060. The summed E-state index contributed by atoms with van der Waals surface area (Å²) in [7, 11) is 0. The normalized spacial score (nSPS) is 11.7. The van der Waals surface area contributed by atoms with Crippen molar-refractivity contribution >= 4 is 28.3 Å². The van der Waals surface area contributed by atoms with E-state index in [0.717, 1.165) is 17.7 Å². The minimum atomic E-state index is -1.02. The Morgan fingerprint density at radius 2 is 1.97 bits per heavy atom. The standard InChI is InChI=1S/C21H21N3O4S/c1-3-15-7-9-16(10-8-15)17-13-29-21(22-17)23-20(27)14(2)28-19(26)12-24-11-5-4-6-18(24)25/h4-11,13-14H,3,12H2,1-2H3,(H,22,23,27)/t14-/m1/s1. The predicted molar refractivity (Wildman–Crippen MR) is 112 cm³/mol. The monoisotopic (exact) mass is 411 g/mol. The number of ether oxygens (including phenoxy) is 1. The van der Waals surface area contributed by atoms with Gasteiger partial charge in [-0.15, -0.1) is 11.3 Å². The van der Waals surface area contributed by atoms with Crippen molar-refractivity contribution in [2.24, 2.45) is 0 Å². The molecule has 150 valence electrons. The second-order valence-corrected chi connectivity index (χ2v) is 7.23. The third-order valence-electron chi connectivity index (χ3n) is 4.27. The first kappa shape index (κ1) is 20.5. The van der Waals surface area contributed by atoms with Crippen molar-refractivity contribution in [3.8, 4) is 11.3 Å². The van der Waals surface area contributed by atoms with Gasteiger partial charge in [0.15, 0.2) is 11.2 Å². The molecule has 0 saturated heterocycles. The van der Waals surface area contributed by atoms with Gasteiger partial charge in [-0.1, -0.05) is 37.3 Å². The zero-order valence-electron chi connectivity index (χ0n) is 16.1. The number of hydrogen-bond acceptors (Lipinski definition) is 6. The number of rotatable bonds is 7. The van der Waals surface area contributed by atoms with Crippen LogP contribution < -0.4 is 10.9 Å². The summed E-state index contributed by atoms with van der Waals surface area (Å²) in [6, 6.07) is 12.7.